The van der Waals surface area contributed by atoms with E-state index in [1.54, 1.807) is 4.90 Å². The van der Waals surface area contributed by atoms with E-state index in [4.69, 9.17) is 19.7 Å². The highest BCUT2D eigenvalue weighted by Crippen LogP contribution is 2.33. The van der Waals surface area contributed by atoms with Gasteiger partial charge in [0.05, 0.1) is 18.8 Å². The zero-order chi connectivity index (χ0) is 27.1. The Hall–Kier alpha value is -3.47. The third-order valence-corrected chi connectivity index (χ3v) is 6.33. The number of nitrogens with zero attached hydrogens (tertiary/aromatic N) is 7. The lowest BCUT2D eigenvalue weighted by atomic mass is 10.1. The van der Waals surface area contributed by atoms with E-state index in [0.717, 1.165) is 17.2 Å². The fourth-order valence-corrected chi connectivity index (χ4v) is 4.43. The second-order valence-electron chi connectivity index (χ2n) is 8.89. The van der Waals surface area contributed by atoms with Crippen LogP contribution >= 0.6 is 0 Å². The molecular weight excluding hydrogens is 495 g/mol. The molecule has 8 nitrogen and oxygen atoms in total. The van der Waals surface area contributed by atoms with Crippen LogP contribution in [-0.2, 0) is 4.74 Å². The van der Waals surface area contributed by atoms with Crippen molar-refractivity contribution in [2.45, 2.75) is 33.4 Å². The number of aliphatic imine (C=N–C) groups is 1. The summed E-state index contributed by atoms with van der Waals surface area (Å²) in [4.78, 5) is 24.2. The zero-order valence-corrected chi connectivity index (χ0v) is 22.1. The van der Waals surface area contributed by atoms with Crippen LogP contribution in [-0.4, -0.2) is 84.7 Å². The Labute approximate surface area is 221 Å². The van der Waals surface area contributed by atoms with Gasteiger partial charge in [-0.25, -0.2) is 4.99 Å². The number of benzene rings is 1. The van der Waals surface area contributed by atoms with E-state index in [-0.39, 0.29) is 5.82 Å². The Morgan fingerprint density at radius 1 is 0.842 bits per heavy atom. The van der Waals surface area contributed by atoms with Crippen molar-refractivity contribution < 1.29 is 17.9 Å². The molecule has 0 N–H and O–H groups in total. The summed E-state index contributed by atoms with van der Waals surface area (Å²) in [6.45, 7) is 10.3. The number of aromatic nitrogens is 3. The van der Waals surface area contributed by atoms with Crippen molar-refractivity contribution in [2.75, 3.05) is 62.3 Å². The summed E-state index contributed by atoms with van der Waals surface area (Å²) in [5.41, 5.74) is 1.29. The van der Waals surface area contributed by atoms with Crippen molar-refractivity contribution in [2.24, 2.45) is 4.99 Å². The molecule has 2 fully saturated rings. The molecule has 204 valence electrons. The molecule has 1 aromatic carbocycles. The molecule has 2 saturated heterocycles. The summed E-state index contributed by atoms with van der Waals surface area (Å²) >= 11 is 0. The average molecular weight is 530 g/mol. The Kier molecular flexibility index (Phi) is 8.98. The molecule has 0 spiro atoms. The number of ether oxygens (including phenoxy) is 1. The molecule has 0 unspecified atom stereocenters. The predicted octanol–water partition coefficient (Wildman–Crippen LogP) is 4.64. The van der Waals surface area contributed by atoms with Gasteiger partial charge in [0.1, 0.15) is 5.82 Å². The van der Waals surface area contributed by atoms with Crippen molar-refractivity contribution in [3.8, 4) is 11.4 Å². The topological polar surface area (TPSA) is 70.0 Å². The van der Waals surface area contributed by atoms with E-state index >= 15 is 0 Å². The maximum absolute atomic E-state index is 13.7. The normalized spacial score (nSPS) is 18.3. The molecule has 5 rings (SSSR count). The molecule has 0 atom stereocenters. The highest BCUT2D eigenvalue weighted by molar-refractivity contribution is 5.63. The monoisotopic (exact) mass is 529 g/mol. The fraction of sp³-hybridized carbons (Fsp3) is 0.481. The summed E-state index contributed by atoms with van der Waals surface area (Å²) in [5, 5.41) is 0. The number of hydrogen-bond donors (Lipinski definition) is 0. The first-order valence-corrected chi connectivity index (χ1v) is 13.0. The van der Waals surface area contributed by atoms with Gasteiger partial charge in [-0.3, -0.25) is 0 Å². The van der Waals surface area contributed by atoms with Gasteiger partial charge in [-0.05, 0) is 19.1 Å². The van der Waals surface area contributed by atoms with Gasteiger partial charge in [-0.15, -0.1) is 0 Å². The minimum atomic E-state index is -4.46. The molecule has 0 radical (unpaired) electrons. The molecule has 3 aliphatic rings. The van der Waals surface area contributed by atoms with Crippen LogP contribution in [0.25, 0.3) is 11.4 Å². The lowest BCUT2D eigenvalue weighted by molar-refractivity contribution is -0.0903. The number of morpholine rings is 1. The van der Waals surface area contributed by atoms with Crippen LogP contribution < -0.4 is 9.80 Å². The maximum Gasteiger partial charge on any atom is 0.419 e. The number of rotatable bonds is 4. The Morgan fingerprint density at radius 3 is 2.11 bits per heavy atom. The summed E-state index contributed by atoms with van der Waals surface area (Å²) in [6.07, 6.45) is 0.0457. The van der Waals surface area contributed by atoms with Crippen LogP contribution in [0.1, 0.15) is 25.8 Å². The van der Waals surface area contributed by atoms with Crippen molar-refractivity contribution in [1.29, 1.82) is 0 Å². The summed E-state index contributed by atoms with van der Waals surface area (Å²) in [7, 11) is 0. The Bertz CT molecular complexity index is 1180. The molecule has 3 aliphatic heterocycles. The van der Waals surface area contributed by atoms with Gasteiger partial charge in [0, 0.05) is 57.5 Å². The summed E-state index contributed by atoms with van der Waals surface area (Å²) < 4.78 is 46.5. The van der Waals surface area contributed by atoms with Gasteiger partial charge in [0.2, 0.25) is 11.9 Å². The van der Waals surface area contributed by atoms with Gasteiger partial charge in [0.25, 0.3) is 0 Å². The van der Waals surface area contributed by atoms with Gasteiger partial charge < -0.3 is 19.4 Å². The third-order valence-electron chi connectivity index (χ3n) is 6.33. The lowest BCUT2D eigenvalue weighted by Crippen LogP contribution is -2.47. The molecule has 0 aliphatic carbocycles. The second kappa shape index (κ2) is 12.4. The quantitative estimate of drug-likeness (QED) is 0.572. The molecule has 11 heteroatoms. The average Bonchev–Trinajstić information content (AvgIpc) is 3.21. The van der Waals surface area contributed by atoms with E-state index in [1.807, 2.05) is 49.9 Å². The molecule has 0 saturated carbocycles. The largest absolute Gasteiger partial charge is 0.419 e. The van der Waals surface area contributed by atoms with Crippen LogP contribution in [0.5, 0.6) is 0 Å². The molecule has 1 aromatic heterocycles. The summed E-state index contributed by atoms with van der Waals surface area (Å²) in [5.74, 6) is 1.66. The number of hydrogen-bond acceptors (Lipinski definition) is 8. The predicted molar refractivity (Wildman–Crippen MR) is 143 cm³/mol. The SMILES string of the molecule is CC.Cc1cccc(-c2nc(N3CCOCC3)nc(N3CCN(C4=C(C(F)(F)F)C=CCC=N4)CC3)n2)c1. The van der Waals surface area contributed by atoms with Gasteiger partial charge >= 0.3 is 6.18 Å². The van der Waals surface area contributed by atoms with Crippen LogP contribution in [0.2, 0.25) is 0 Å². The molecule has 38 heavy (non-hydrogen) atoms. The number of allylic oxidation sites excluding steroid dienone is 3. The van der Waals surface area contributed by atoms with Crippen LogP contribution in [0.4, 0.5) is 25.1 Å². The number of aryl methyl sites for hydroxylation is 1. The number of anilines is 2. The fourth-order valence-electron chi connectivity index (χ4n) is 4.43. The molecule has 2 aromatic rings. The van der Waals surface area contributed by atoms with E-state index in [1.165, 1.54) is 12.3 Å². The highest BCUT2D eigenvalue weighted by Gasteiger charge is 2.37. The molecule has 0 bridgehead atoms. The minimum Gasteiger partial charge on any atom is -0.378 e. The lowest BCUT2D eigenvalue weighted by Gasteiger charge is -2.37. The van der Waals surface area contributed by atoms with Gasteiger partial charge in [-0.2, -0.15) is 28.1 Å². The number of halogens is 3. The second-order valence-corrected chi connectivity index (χ2v) is 8.89. The van der Waals surface area contributed by atoms with E-state index in [9.17, 15) is 13.2 Å². The third kappa shape index (κ3) is 6.50. The zero-order valence-electron chi connectivity index (χ0n) is 22.1. The number of piperazine rings is 1. The minimum absolute atomic E-state index is 0.0268. The van der Waals surface area contributed by atoms with Crippen LogP contribution in [0.3, 0.4) is 0 Å². The van der Waals surface area contributed by atoms with Crippen LogP contribution in [0, 0.1) is 6.92 Å². The number of alkyl halides is 3. The Morgan fingerprint density at radius 2 is 1.47 bits per heavy atom. The summed E-state index contributed by atoms with van der Waals surface area (Å²) in [6, 6.07) is 7.98. The van der Waals surface area contributed by atoms with E-state index in [0.29, 0.717) is 76.6 Å². The molecular formula is C27H34F3N7O. The Balaban J connectivity index is 0.00000164. The first-order valence-electron chi connectivity index (χ1n) is 13.0. The van der Waals surface area contributed by atoms with E-state index < -0.39 is 11.7 Å². The molecule has 0 amide bonds. The van der Waals surface area contributed by atoms with Crippen LogP contribution in [0.15, 0.2) is 52.8 Å². The van der Waals surface area contributed by atoms with Crippen molar-refractivity contribution in [1.82, 2.24) is 19.9 Å². The first-order chi connectivity index (χ1) is 18.4. The highest BCUT2D eigenvalue weighted by atomic mass is 19.4. The van der Waals surface area contributed by atoms with Crippen molar-refractivity contribution in [3.63, 3.8) is 0 Å². The standard InChI is InChI=1S/C25H28F3N7O.C2H6/c1-18-5-4-6-19(17-18)21-30-23(32-24(31-21)35-13-15-36-16-14-35)34-11-9-33(10-12-34)22-20(25(26,27)28)7-2-3-8-29-22;1-2/h2,4-8,17H,3,9-16H2,1H3;1-2H3. The van der Waals surface area contributed by atoms with E-state index in [2.05, 4.69) is 9.89 Å². The smallest absolute Gasteiger partial charge is 0.378 e. The molecule has 4 heterocycles. The maximum atomic E-state index is 13.7. The van der Waals surface area contributed by atoms with Crippen molar-refractivity contribution in [3.05, 3.63) is 53.4 Å². The van der Waals surface area contributed by atoms with Gasteiger partial charge in [0.15, 0.2) is 5.82 Å². The first kappa shape index (κ1) is 27.6. The van der Waals surface area contributed by atoms with Crippen molar-refractivity contribution >= 4 is 18.1 Å². The van der Waals surface area contributed by atoms with Gasteiger partial charge in [-0.1, -0.05) is 43.7 Å².